The SMILES string of the molecule is NNC1CCN(c2nc(N3CCC(NN)CC3)nc(N3CCC(NN)CC3)n2)CC1. The van der Waals surface area contributed by atoms with Crippen molar-refractivity contribution < 1.29 is 0 Å². The van der Waals surface area contributed by atoms with Gasteiger partial charge in [-0.25, -0.2) is 0 Å². The maximum atomic E-state index is 5.62. The minimum Gasteiger partial charge on any atom is -0.341 e. The predicted molar refractivity (Wildman–Crippen MR) is 118 cm³/mol. The molecule has 0 aliphatic carbocycles. The molecule has 1 aromatic rings. The molecule has 3 fully saturated rings. The molecule has 3 aliphatic rings. The van der Waals surface area contributed by atoms with E-state index in [-0.39, 0.29) is 0 Å². The highest BCUT2D eigenvalue weighted by Gasteiger charge is 2.27. The molecule has 0 saturated carbocycles. The fraction of sp³-hybridized carbons (Fsp3) is 0.833. The maximum absolute atomic E-state index is 5.62. The van der Waals surface area contributed by atoms with Gasteiger partial charge in [-0.15, -0.1) is 0 Å². The highest BCUT2D eigenvalue weighted by atomic mass is 15.4. The molecule has 3 aliphatic heterocycles. The van der Waals surface area contributed by atoms with Crippen LogP contribution in [-0.4, -0.2) is 72.3 Å². The van der Waals surface area contributed by atoms with Gasteiger partial charge >= 0.3 is 0 Å². The van der Waals surface area contributed by atoms with E-state index in [0.29, 0.717) is 18.1 Å². The van der Waals surface area contributed by atoms with Gasteiger partial charge in [-0.2, -0.15) is 15.0 Å². The third-order valence-corrected chi connectivity index (χ3v) is 6.64. The molecule has 3 saturated heterocycles. The summed E-state index contributed by atoms with van der Waals surface area (Å²) in [7, 11) is 0. The van der Waals surface area contributed by atoms with E-state index in [1.54, 1.807) is 0 Å². The predicted octanol–water partition coefficient (Wildman–Crippen LogP) is -1.83. The van der Waals surface area contributed by atoms with E-state index in [1.807, 2.05) is 0 Å². The monoisotopic (exact) mass is 420 g/mol. The fourth-order valence-electron chi connectivity index (χ4n) is 4.51. The smallest absolute Gasteiger partial charge is 0.231 e. The normalized spacial score (nSPS) is 22.7. The van der Waals surface area contributed by atoms with Crippen molar-refractivity contribution in [2.45, 2.75) is 56.7 Å². The Balaban J connectivity index is 1.54. The molecule has 0 radical (unpaired) electrons. The molecule has 4 rings (SSSR count). The van der Waals surface area contributed by atoms with Crippen LogP contribution >= 0.6 is 0 Å². The van der Waals surface area contributed by atoms with Crippen LogP contribution in [0.2, 0.25) is 0 Å². The van der Waals surface area contributed by atoms with Crippen LogP contribution in [0, 0.1) is 0 Å². The highest BCUT2D eigenvalue weighted by molar-refractivity contribution is 5.47. The molecule has 12 heteroatoms. The third-order valence-electron chi connectivity index (χ3n) is 6.64. The summed E-state index contributed by atoms with van der Waals surface area (Å²) in [5.74, 6) is 19.2. The molecule has 0 atom stereocenters. The number of hydrogen-bond acceptors (Lipinski definition) is 12. The minimum atomic E-state index is 0.354. The van der Waals surface area contributed by atoms with Crippen LogP contribution in [0.1, 0.15) is 38.5 Å². The summed E-state index contributed by atoms with van der Waals surface area (Å²) in [5, 5.41) is 0. The van der Waals surface area contributed by atoms with Gasteiger partial charge in [0, 0.05) is 57.4 Å². The van der Waals surface area contributed by atoms with Crippen LogP contribution < -0.4 is 48.5 Å². The van der Waals surface area contributed by atoms with Gasteiger partial charge in [-0.3, -0.25) is 33.8 Å². The molecule has 4 heterocycles. The van der Waals surface area contributed by atoms with E-state index in [1.165, 1.54) is 0 Å². The number of hydrogen-bond donors (Lipinski definition) is 6. The first-order valence-corrected chi connectivity index (χ1v) is 11.1. The van der Waals surface area contributed by atoms with Crippen molar-refractivity contribution in [3.8, 4) is 0 Å². The lowest BCUT2D eigenvalue weighted by atomic mass is 10.1. The van der Waals surface area contributed by atoms with Gasteiger partial charge in [0.25, 0.3) is 0 Å². The van der Waals surface area contributed by atoms with Crippen LogP contribution in [0.3, 0.4) is 0 Å². The molecule has 0 bridgehead atoms. The number of piperidine rings is 3. The van der Waals surface area contributed by atoms with Gasteiger partial charge < -0.3 is 14.7 Å². The van der Waals surface area contributed by atoms with Crippen LogP contribution in [0.4, 0.5) is 17.8 Å². The number of rotatable bonds is 6. The average Bonchev–Trinajstić information content (AvgIpc) is 2.84. The molecule has 0 amide bonds. The Hall–Kier alpha value is -1.83. The summed E-state index contributed by atoms with van der Waals surface area (Å²) >= 11 is 0. The number of nitrogens with zero attached hydrogens (tertiary/aromatic N) is 6. The van der Waals surface area contributed by atoms with Gasteiger partial charge in [-0.1, -0.05) is 0 Å². The number of aromatic nitrogens is 3. The van der Waals surface area contributed by atoms with E-state index in [2.05, 4.69) is 31.0 Å². The zero-order valence-electron chi connectivity index (χ0n) is 17.6. The Morgan fingerprint density at radius 1 is 0.500 bits per heavy atom. The quantitative estimate of drug-likeness (QED) is 0.226. The molecule has 0 aromatic carbocycles. The van der Waals surface area contributed by atoms with E-state index < -0.39 is 0 Å². The van der Waals surface area contributed by atoms with Crippen molar-refractivity contribution in [1.82, 2.24) is 31.2 Å². The lowest BCUT2D eigenvalue weighted by molar-refractivity contribution is 0.412. The van der Waals surface area contributed by atoms with Crippen molar-refractivity contribution in [1.29, 1.82) is 0 Å². The zero-order chi connectivity index (χ0) is 20.9. The van der Waals surface area contributed by atoms with Crippen molar-refractivity contribution in [3.63, 3.8) is 0 Å². The second kappa shape index (κ2) is 9.98. The highest BCUT2D eigenvalue weighted by Crippen LogP contribution is 2.25. The lowest BCUT2D eigenvalue weighted by Crippen LogP contribution is -2.47. The lowest BCUT2D eigenvalue weighted by Gasteiger charge is -2.36. The molecule has 12 nitrogen and oxygen atoms in total. The van der Waals surface area contributed by atoms with E-state index in [9.17, 15) is 0 Å². The van der Waals surface area contributed by atoms with Gasteiger partial charge in [0.2, 0.25) is 17.8 Å². The first-order chi connectivity index (χ1) is 14.7. The number of hydrazine groups is 3. The van der Waals surface area contributed by atoms with Crippen LogP contribution in [0.5, 0.6) is 0 Å². The molecule has 9 N–H and O–H groups in total. The van der Waals surface area contributed by atoms with E-state index in [4.69, 9.17) is 32.5 Å². The molecule has 168 valence electrons. The van der Waals surface area contributed by atoms with Gasteiger partial charge in [0.15, 0.2) is 0 Å². The van der Waals surface area contributed by atoms with Crippen molar-refractivity contribution in [3.05, 3.63) is 0 Å². The first kappa shape index (κ1) is 21.4. The van der Waals surface area contributed by atoms with E-state index >= 15 is 0 Å². The van der Waals surface area contributed by atoms with Gasteiger partial charge in [-0.05, 0) is 38.5 Å². The Morgan fingerprint density at radius 2 is 0.733 bits per heavy atom. The molecular formula is C18H36N12. The summed E-state index contributed by atoms with van der Waals surface area (Å²) in [4.78, 5) is 21.4. The average molecular weight is 421 g/mol. The van der Waals surface area contributed by atoms with Gasteiger partial charge in [0.1, 0.15) is 0 Å². The summed E-state index contributed by atoms with van der Waals surface area (Å²) in [5.41, 5.74) is 8.68. The standard InChI is InChI=1S/C18H36N12/c19-25-13-1-7-28(8-2-13)16-22-17(29-9-3-14(26-20)4-10-29)24-18(23-16)30-11-5-15(27-21)6-12-30/h13-15,25-27H,1-12,19-21H2. The topological polar surface area (TPSA) is 163 Å². The summed E-state index contributed by atoms with van der Waals surface area (Å²) in [6.07, 6.45) is 5.88. The summed E-state index contributed by atoms with van der Waals surface area (Å²) in [6.45, 7) is 5.31. The fourth-order valence-corrected chi connectivity index (χ4v) is 4.51. The molecule has 30 heavy (non-hydrogen) atoms. The Kier molecular flexibility index (Phi) is 7.12. The maximum Gasteiger partial charge on any atom is 0.231 e. The van der Waals surface area contributed by atoms with Gasteiger partial charge in [0.05, 0.1) is 0 Å². The second-order valence-electron chi connectivity index (χ2n) is 8.52. The molecule has 0 unspecified atom stereocenters. The second-order valence-corrected chi connectivity index (χ2v) is 8.52. The number of nitrogens with two attached hydrogens (primary N) is 3. The van der Waals surface area contributed by atoms with Crippen molar-refractivity contribution in [2.75, 3.05) is 54.0 Å². The minimum absolute atomic E-state index is 0.354. The van der Waals surface area contributed by atoms with Crippen LogP contribution in [0.15, 0.2) is 0 Å². The van der Waals surface area contributed by atoms with Crippen LogP contribution in [0.25, 0.3) is 0 Å². The van der Waals surface area contributed by atoms with E-state index in [0.717, 1.165) is 95.6 Å². The Labute approximate surface area is 177 Å². The van der Waals surface area contributed by atoms with Crippen molar-refractivity contribution >= 4 is 17.8 Å². The first-order valence-electron chi connectivity index (χ1n) is 11.1. The Morgan fingerprint density at radius 3 is 0.933 bits per heavy atom. The van der Waals surface area contributed by atoms with Crippen molar-refractivity contribution in [2.24, 2.45) is 17.5 Å². The molecular weight excluding hydrogens is 384 g/mol. The summed E-state index contributed by atoms with van der Waals surface area (Å²) < 4.78 is 0. The third kappa shape index (κ3) is 4.90. The molecule has 1 aromatic heterocycles. The van der Waals surface area contributed by atoms with Crippen LogP contribution in [-0.2, 0) is 0 Å². The Bertz CT molecular complexity index is 560. The molecule has 0 spiro atoms. The largest absolute Gasteiger partial charge is 0.341 e. The number of nitrogens with one attached hydrogen (secondary N) is 3. The number of anilines is 3. The zero-order valence-corrected chi connectivity index (χ0v) is 17.6. The summed E-state index contributed by atoms with van der Waals surface area (Å²) in [6, 6.07) is 1.06.